The van der Waals surface area contributed by atoms with Crippen LogP contribution >= 0.6 is 27.5 Å². The molecule has 122 valence electrons. The van der Waals surface area contributed by atoms with E-state index in [9.17, 15) is 4.79 Å². The number of amides is 1. The summed E-state index contributed by atoms with van der Waals surface area (Å²) in [5.41, 5.74) is 2.07. The van der Waals surface area contributed by atoms with E-state index in [1.807, 2.05) is 37.3 Å². The SMILES string of the molecule is Cc1cccc(C(=O)NCc2noc(-c3cccc(Br)c3)n2)c1Cl. The lowest BCUT2D eigenvalue weighted by Crippen LogP contribution is -2.23. The summed E-state index contributed by atoms with van der Waals surface area (Å²) < 4.78 is 6.15. The molecule has 1 heterocycles. The Labute approximate surface area is 152 Å². The van der Waals surface area contributed by atoms with Crippen molar-refractivity contribution in [1.82, 2.24) is 15.5 Å². The minimum atomic E-state index is -0.280. The van der Waals surface area contributed by atoms with Crippen LogP contribution in [-0.4, -0.2) is 16.0 Å². The van der Waals surface area contributed by atoms with Gasteiger partial charge in [-0.25, -0.2) is 0 Å². The maximum absolute atomic E-state index is 12.2. The van der Waals surface area contributed by atoms with Gasteiger partial charge in [0.1, 0.15) is 0 Å². The Kier molecular flexibility index (Phi) is 4.97. The summed E-state index contributed by atoms with van der Waals surface area (Å²) in [6, 6.07) is 12.8. The highest BCUT2D eigenvalue weighted by Gasteiger charge is 2.14. The molecule has 0 radical (unpaired) electrons. The first kappa shape index (κ1) is 16.7. The summed E-state index contributed by atoms with van der Waals surface area (Å²) in [5.74, 6) is 0.508. The molecule has 0 bridgehead atoms. The smallest absolute Gasteiger partial charge is 0.258 e. The van der Waals surface area contributed by atoms with Crippen LogP contribution in [0.1, 0.15) is 21.7 Å². The number of nitrogens with one attached hydrogen (secondary N) is 1. The van der Waals surface area contributed by atoms with Crippen LogP contribution in [-0.2, 0) is 6.54 Å². The molecule has 1 aromatic heterocycles. The summed E-state index contributed by atoms with van der Waals surface area (Å²) >= 11 is 9.55. The lowest BCUT2D eigenvalue weighted by molar-refractivity contribution is 0.0949. The second kappa shape index (κ2) is 7.15. The molecule has 5 nitrogen and oxygen atoms in total. The van der Waals surface area contributed by atoms with Crippen molar-refractivity contribution < 1.29 is 9.32 Å². The third-order valence-corrected chi connectivity index (χ3v) is 4.38. The van der Waals surface area contributed by atoms with Gasteiger partial charge in [-0.15, -0.1) is 0 Å². The number of nitrogens with zero attached hydrogens (tertiary/aromatic N) is 2. The topological polar surface area (TPSA) is 68.0 Å². The zero-order chi connectivity index (χ0) is 17.1. The van der Waals surface area contributed by atoms with Gasteiger partial charge in [0, 0.05) is 10.0 Å². The van der Waals surface area contributed by atoms with Crippen molar-refractivity contribution in [3.8, 4) is 11.5 Å². The van der Waals surface area contributed by atoms with E-state index in [4.69, 9.17) is 16.1 Å². The fourth-order valence-corrected chi connectivity index (χ4v) is 2.75. The molecule has 2 aromatic carbocycles. The number of aromatic nitrogens is 2. The summed E-state index contributed by atoms with van der Waals surface area (Å²) in [6.07, 6.45) is 0. The Bertz CT molecular complexity index is 895. The van der Waals surface area contributed by atoms with Crippen molar-refractivity contribution in [1.29, 1.82) is 0 Å². The van der Waals surface area contributed by atoms with Crippen LogP contribution in [0.4, 0.5) is 0 Å². The minimum absolute atomic E-state index is 0.153. The van der Waals surface area contributed by atoms with E-state index in [1.54, 1.807) is 12.1 Å². The molecule has 3 aromatic rings. The summed E-state index contributed by atoms with van der Waals surface area (Å²) in [5, 5.41) is 7.06. The Morgan fingerprint density at radius 2 is 2.08 bits per heavy atom. The zero-order valence-corrected chi connectivity index (χ0v) is 15.1. The summed E-state index contributed by atoms with van der Waals surface area (Å²) in [7, 11) is 0. The molecular weight excluding hydrogens is 394 g/mol. The van der Waals surface area contributed by atoms with Crippen molar-refractivity contribution in [3.63, 3.8) is 0 Å². The number of carbonyl (C=O) groups is 1. The van der Waals surface area contributed by atoms with Crippen LogP contribution in [0.15, 0.2) is 51.5 Å². The van der Waals surface area contributed by atoms with Crippen molar-refractivity contribution in [2.75, 3.05) is 0 Å². The Hall–Kier alpha value is -2.18. The Morgan fingerprint density at radius 1 is 1.29 bits per heavy atom. The fourth-order valence-electron chi connectivity index (χ4n) is 2.14. The van der Waals surface area contributed by atoms with Gasteiger partial charge in [-0.1, -0.05) is 50.9 Å². The molecule has 0 aliphatic rings. The molecule has 0 saturated heterocycles. The van der Waals surface area contributed by atoms with Gasteiger partial charge in [-0.3, -0.25) is 4.79 Å². The monoisotopic (exact) mass is 405 g/mol. The molecule has 0 aliphatic heterocycles. The lowest BCUT2D eigenvalue weighted by Gasteiger charge is -2.06. The molecule has 24 heavy (non-hydrogen) atoms. The number of carbonyl (C=O) groups excluding carboxylic acids is 1. The first-order chi connectivity index (χ1) is 11.5. The molecule has 0 spiro atoms. The average Bonchev–Trinajstić information content (AvgIpc) is 3.04. The fraction of sp³-hybridized carbons (Fsp3) is 0.118. The molecule has 0 unspecified atom stereocenters. The van der Waals surface area contributed by atoms with E-state index in [1.165, 1.54) is 0 Å². The van der Waals surface area contributed by atoms with Crippen LogP contribution in [0, 0.1) is 6.92 Å². The second-order valence-corrected chi connectivity index (χ2v) is 6.44. The predicted octanol–water partition coefficient (Wildman–Crippen LogP) is 4.39. The van der Waals surface area contributed by atoms with Crippen LogP contribution < -0.4 is 5.32 Å². The van der Waals surface area contributed by atoms with Gasteiger partial charge in [-0.05, 0) is 36.8 Å². The molecule has 1 N–H and O–H groups in total. The number of rotatable bonds is 4. The molecule has 0 aliphatic carbocycles. The van der Waals surface area contributed by atoms with Gasteiger partial charge in [0.15, 0.2) is 5.82 Å². The van der Waals surface area contributed by atoms with Gasteiger partial charge in [-0.2, -0.15) is 4.98 Å². The van der Waals surface area contributed by atoms with Crippen LogP contribution in [0.2, 0.25) is 5.02 Å². The average molecular weight is 407 g/mol. The molecule has 1 amide bonds. The number of hydrogen-bond donors (Lipinski definition) is 1. The number of halogens is 2. The second-order valence-electron chi connectivity index (χ2n) is 5.15. The normalized spacial score (nSPS) is 10.6. The number of hydrogen-bond acceptors (Lipinski definition) is 4. The first-order valence-electron chi connectivity index (χ1n) is 7.16. The van der Waals surface area contributed by atoms with Crippen molar-refractivity contribution in [3.05, 3.63) is 68.9 Å². The molecule has 7 heteroatoms. The van der Waals surface area contributed by atoms with Gasteiger partial charge in [0.05, 0.1) is 17.1 Å². The summed E-state index contributed by atoms with van der Waals surface area (Å²) in [4.78, 5) is 16.5. The number of benzene rings is 2. The van der Waals surface area contributed by atoms with Crippen molar-refractivity contribution in [2.24, 2.45) is 0 Å². The largest absolute Gasteiger partial charge is 0.345 e. The highest BCUT2D eigenvalue weighted by Crippen LogP contribution is 2.22. The zero-order valence-electron chi connectivity index (χ0n) is 12.7. The molecule has 0 saturated carbocycles. The van der Waals surface area contributed by atoms with Crippen molar-refractivity contribution >= 4 is 33.4 Å². The maximum Gasteiger partial charge on any atom is 0.258 e. The van der Waals surface area contributed by atoms with E-state index in [0.717, 1.165) is 15.6 Å². The molecule has 0 fully saturated rings. The molecule has 3 rings (SSSR count). The first-order valence-corrected chi connectivity index (χ1v) is 8.33. The van der Waals surface area contributed by atoms with Crippen LogP contribution in [0.5, 0.6) is 0 Å². The Balaban J connectivity index is 1.69. The summed E-state index contributed by atoms with van der Waals surface area (Å²) in [6.45, 7) is 2.00. The Morgan fingerprint density at radius 3 is 2.88 bits per heavy atom. The van der Waals surface area contributed by atoms with E-state index in [2.05, 4.69) is 31.4 Å². The maximum atomic E-state index is 12.2. The molecular formula is C17H13BrClN3O2. The van der Waals surface area contributed by atoms with Gasteiger partial charge >= 0.3 is 0 Å². The number of aryl methyl sites for hydroxylation is 1. The van der Waals surface area contributed by atoms with E-state index >= 15 is 0 Å². The van der Waals surface area contributed by atoms with Crippen LogP contribution in [0.3, 0.4) is 0 Å². The third kappa shape index (κ3) is 3.66. The van der Waals surface area contributed by atoms with Gasteiger partial charge < -0.3 is 9.84 Å². The van der Waals surface area contributed by atoms with E-state index in [-0.39, 0.29) is 12.5 Å². The van der Waals surface area contributed by atoms with E-state index in [0.29, 0.717) is 22.3 Å². The molecule has 0 atom stereocenters. The lowest BCUT2D eigenvalue weighted by atomic mass is 10.1. The highest BCUT2D eigenvalue weighted by atomic mass is 79.9. The minimum Gasteiger partial charge on any atom is -0.345 e. The standard InChI is InChI=1S/C17H13BrClN3O2/c1-10-4-2-7-13(15(10)19)16(23)20-9-14-21-17(24-22-14)11-5-3-6-12(18)8-11/h2-8H,9H2,1H3,(H,20,23). The van der Waals surface area contributed by atoms with E-state index < -0.39 is 0 Å². The third-order valence-electron chi connectivity index (χ3n) is 3.38. The van der Waals surface area contributed by atoms with Gasteiger partial charge in [0.2, 0.25) is 0 Å². The van der Waals surface area contributed by atoms with Crippen LogP contribution in [0.25, 0.3) is 11.5 Å². The highest BCUT2D eigenvalue weighted by molar-refractivity contribution is 9.10. The van der Waals surface area contributed by atoms with Crippen molar-refractivity contribution in [2.45, 2.75) is 13.5 Å². The van der Waals surface area contributed by atoms with Gasteiger partial charge in [0.25, 0.3) is 11.8 Å². The predicted molar refractivity (Wildman–Crippen MR) is 94.8 cm³/mol. The quantitative estimate of drug-likeness (QED) is 0.697.